The van der Waals surface area contributed by atoms with Gasteiger partial charge in [-0.05, 0) is 97.1 Å². The number of alkyl halides is 5. The van der Waals surface area contributed by atoms with Gasteiger partial charge in [-0.15, -0.1) is 36.4 Å². The van der Waals surface area contributed by atoms with E-state index in [1.807, 2.05) is 12.2 Å². The number of amides is 4. The normalized spacial score (nSPS) is 26.5. The third-order valence-corrected chi connectivity index (χ3v) is 12.9. The van der Waals surface area contributed by atoms with Crippen molar-refractivity contribution in [3.05, 3.63) is 119 Å². The van der Waals surface area contributed by atoms with Crippen LogP contribution >= 0.6 is 23.2 Å². The Kier molecular flexibility index (Phi) is 9.78. The standard InChI is InChI=1S/C43H32Cl2F4N2O8/c1-57-27-14-18-34(58-2)23(19-27)6-3-22-4-9-25(10-5-22)50-37(53)30-16-15-29-32(35(30)38(50)54)21-41(44)39(55)51(26-11-7-24(46)8-12-26)40(56)42(41,45)36(29)31-20-28(13-17-33(31)52)59-43(47,48)49/h3-15,17-20,30,32,35-36,52H,16,21H2,1-2H3. The number of halogens is 6. The van der Waals surface area contributed by atoms with Crippen molar-refractivity contribution in [3.8, 4) is 23.0 Å². The summed E-state index contributed by atoms with van der Waals surface area (Å²) < 4.78 is 69.2. The van der Waals surface area contributed by atoms with Gasteiger partial charge in [0.25, 0.3) is 11.8 Å². The molecule has 2 aliphatic carbocycles. The van der Waals surface area contributed by atoms with Crippen molar-refractivity contribution in [2.45, 2.75) is 34.9 Å². The molecule has 4 aromatic carbocycles. The SMILES string of the molecule is COc1ccc(OC)c(C=Cc2ccc(N3C(=O)C4CC=C5C(CC6(Cl)C(=O)N(c7ccc(F)cc7)C(=O)C6(Cl)C5c5cc(OC(F)(F)F)ccc5O)C4C3=O)cc2)c1. The van der Waals surface area contributed by atoms with E-state index in [2.05, 4.69) is 4.74 Å². The van der Waals surface area contributed by atoms with Crippen molar-refractivity contribution in [1.29, 1.82) is 0 Å². The number of nitrogens with zero attached hydrogens (tertiary/aromatic N) is 2. The van der Waals surface area contributed by atoms with Crippen LogP contribution in [-0.4, -0.2) is 59.1 Å². The van der Waals surface area contributed by atoms with Crippen molar-refractivity contribution in [1.82, 2.24) is 0 Å². The van der Waals surface area contributed by atoms with E-state index in [0.29, 0.717) is 16.4 Å². The van der Waals surface area contributed by atoms with Crippen LogP contribution in [0.15, 0.2) is 96.6 Å². The first-order valence-corrected chi connectivity index (χ1v) is 18.9. The number of allylic oxidation sites excluding steroid dienone is 2. The van der Waals surface area contributed by atoms with Crippen LogP contribution in [0.1, 0.15) is 35.4 Å². The molecule has 1 saturated carbocycles. The van der Waals surface area contributed by atoms with Gasteiger partial charge in [0, 0.05) is 17.0 Å². The molecule has 4 amide bonds. The molecule has 0 radical (unpaired) electrons. The highest BCUT2D eigenvalue weighted by molar-refractivity contribution is 6.58. The molecule has 2 heterocycles. The predicted molar refractivity (Wildman–Crippen MR) is 209 cm³/mol. The fourth-order valence-corrected chi connectivity index (χ4v) is 9.78. The highest BCUT2D eigenvalue weighted by atomic mass is 35.5. The fraction of sp³-hybridized carbons (Fsp3) is 0.256. The lowest BCUT2D eigenvalue weighted by Crippen LogP contribution is -2.60. The van der Waals surface area contributed by atoms with Gasteiger partial charge in [-0.3, -0.25) is 24.1 Å². The van der Waals surface area contributed by atoms with Gasteiger partial charge in [0.1, 0.15) is 28.8 Å². The monoisotopic (exact) mass is 850 g/mol. The van der Waals surface area contributed by atoms with Crippen molar-refractivity contribution in [3.63, 3.8) is 0 Å². The Labute approximate surface area is 344 Å². The Balaban J connectivity index is 1.18. The highest BCUT2D eigenvalue weighted by Gasteiger charge is 2.77. The minimum atomic E-state index is -5.15. The Bertz CT molecular complexity index is 2480. The number of carbonyl (C=O) groups excluding carboxylic acids is 4. The van der Waals surface area contributed by atoms with Gasteiger partial charge in [0.05, 0.1) is 37.4 Å². The summed E-state index contributed by atoms with van der Waals surface area (Å²) in [5, 5.41) is 11.2. The molecule has 16 heteroatoms. The molecule has 4 aromatic rings. The van der Waals surface area contributed by atoms with E-state index < -0.39 is 87.1 Å². The van der Waals surface area contributed by atoms with E-state index in [1.54, 1.807) is 62.8 Å². The molecule has 0 aromatic heterocycles. The average molecular weight is 852 g/mol. The second kappa shape index (κ2) is 14.5. The number of rotatable bonds is 8. The molecular weight excluding hydrogens is 819 g/mol. The van der Waals surface area contributed by atoms with Gasteiger partial charge in [-0.1, -0.05) is 35.9 Å². The van der Waals surface area contributed by atoms with E-state index in [0.717, 1.165) is 58.5 Å². The van der Waals surface area contributed by atoms with Crippen LogP contribution in [0.3, 0.4) is 0 Å². The van der Waals surface area contributed by atoms with Crippen LogP contribution in [0.2, 0.25) is 0 Å². The molecule has 0 spiro atoms. The molecule has 10 nitrogen and oxygen atoms in total. The van der Waals surface area contributed by atoms with Gasteiger partial charge in [-0.25, -0.2) is 9.29 Å². The molecule has 59 heavy (non-hydrogen) atoms. The lowest BCUT2D eigenvalue weighted by Gasteiger charge is -2.50. The number of carbonyl (C=O) groups is 4. The summed E-state index contributed by atoms with van der Waals surface area (Å²) in [6, 6.07) is 18.9. The molecule has 1 N–H and O–H groups in total. The minimum absolute atomic E-state index is 0.0527. The number of imide groups is 2. The quantitative estimate of drug-likeness (QED) is 0.0617. The highest BCUT2D eigenvalue weighted by Crippen LogP contribution is 2.66. The zero-order valence-electron chi connectivity index (χ0n) is 31.0. The smallest absolute Gasteiger partial charge is 0.508 e. The second-order valence-electron chi connectivity index (χ2n) is 14.6. The van der Waals surface area contributed by atoms with E-state index in [9.17, 15) is 41.8 Å². The Morgan fingerprint density at radius 2 is 1.44 bits per heavy atom. The summed E-state index contributed by atoms with van der Waals surface area (Å²) in [5.74, 6) is -8.90. The number of benzene rings is 4. The third kappa shape index (κ3) is 6.40. The number of methoxy groups -OCH3 is 2. The van der Waals surface area contributed by atoms with E-state index >= 15 is 0 Å². The van der Waals surface area contributed by atoms with Gasteiger partial charge < -0.3 is 19.3 Å². The minimum Gasteiger partial charge on any atom is -0.508 e. The average Bonchev–Trinajstić information content (AvgIpc) is 3.55. The summed E-state index contributed by atoms with van der Waals surface area (Å²) in [6.45, 7) is 0. The molecule has 2 aliphatic heterocycles. The van der Waals surface area contributed by atoms with Crippen molar-refractivity contribution >= 4 is 70.4 Å². The van der Waals surface area contributed by atoms with Crippen LogP contribution in [0.25, 0.3) is 12.2 Å². The van der Waals surface area contributed by atoms with Gasteiger partial charge >= 0.3 is 6.36 Å². The maximum absolute atomic E-state index is 14.6. The van der Waals surface area contributed by atoms with Crippen LogP contribution in [0.4, 0.5) is 28.9 Å². The maximum atomic E-state index is 14.6. The number of hydrogen-bond acceptors (Lipinski definition) is 8. The number of hydrogen-bond donors (Lipinski definition) is 1. The molecule has 6 atom stereocenters. The molecule has 304 valence electrons. The molecule has 6 unspecified atom stereocenters. The van der Waals surface area contributed by atoms with E-state index in [1.165, 1.54) is 0 Å². The van der Waals surface area contributed by atoms with Crippen molar-refractivity contribution < 1.29 is 56.1 Å². The maximum Gasteiger partial charge on any atom is 0.573 e. The predicted octanol–water partition coefficient (Wildman–Crippen LogP) is 8.39. The second-order valence-corrected chi connectivity index (χ2v) is 15.8. The van der Waals surface area contributed by atoms with Gasteiger partial charge in [0.15, 0.2) is 9.75 Å². The number of phenolic OH excluding ortho intramolecular Hbond substituents is 1. The molecule has 3 fully saturated rings. The lowest BCUT2D eigenvalue weighted by atomic mass is 9.56. The van der Waals surface area contributed by atoms with Crippen molar-refractivity contribution in [2.75, 3.05) is 24.0 Å². The Hall–Kier alpha value is -5.86. The number of phenols is 1. The zero-order valence-corrected chi connectivity index (χ0v) is 32.5. The van der Waals surface area contributed by atoms with Gasteiger partial charge in [0.2, 0.25) is 11.8 Å². The van der Waals surface area contributed by atoms with Crippen LogP contribution < -0.4 is 24.0 Å². The summed E-state index contributed by atoms with van der Waals surface area (Å²) in [7, 11) is 3.09. The summed E-state index contributed by atoms with van der Waals surface area (Å²) in [5.41, 5.74) is 1.51. The number of aromatic hydroxyl groups is 1. The first-order chi connectivity index (χ1) is 28.0. The van der Waals surface area contributed by atoms with Crippen molar-refractivity contribution in [2.24, 2.45) is 17.8 Å². The van der Waals surface area contributed by atoms with Gasteiger partial charge in [-0.2, -0.15) is 0 Å². The van der Waals surface area contributed by atoms with E-state index in [4.69, 9.17) is 32.7 Å². The largest absolute Gasteiger partial charge is 0.573 e. The summed E-state index contributed by atoms with van der Waals surface area (Å²) in [6.07, 6.45) is -0.452. The molecule has 4 aliphatic rings. The first kappa shape index (κ1) is 39.9. The topological polar surface area (TPSA) is 123 Å². The van der Waals surface area contributed by atoms with Crippen LogP contribution in [0, 0.1) is 23.6 Å². The fourth-order valence-electron chi connectivity index (χ4n) is 8.85. The van der Waals surface area contributed by atoms with Crippen LogP contribution in [0.5, 0.6) is 23.0 Å². The third-order valence-electron chi connectivity index (χ3n) is 11.5. The first-order valence-electron chi connectivity index (χ1n) is 18.2. The Morgan fingerprint density at radius 3 is 2.10 bits per heavy atom. The number of anilines is 2. The summed E-state index contributed by atoms with van der Waals surface area (Å²) in [4.78, 5) is 54.6. The lowest BCUT2D eigenvalue weighted by molar-refractivity contribution is -0.274. The summed E-state index contributed by atoms with van der Waals surface area (Å²) >= 11 is 14.6. The molecule has 0 bridgehead atoms. The molecule has 2 saturated heterocycles. The van der Waals surface area contributed by atoms with E-state index in [-0.39, 0.29) is 28.9 Å². The Morgan fingerprint density at radius 1 is 0.780 bits per heavy atom. The van der Waals surface area contributed by atoms with Crippen LogP contribution in [-0.2, 0) is 19.2 Å². The molecule has 8 rings (SSSR count). The molecular formula is C43H32Cl2F4N2O8. The number of fused-ring (bicyclic) bond motifs is 4. The zero-order chi connectivity index (χ0) is 42.2. The number of ether oxygens (including phenoxy) is 3.